The van der Waals surface area contributed by atoms with E-state index in [1.807, 2.05) is 48.7 Å². The number of hydrogen-bond acceptors (Lipinski definition) is 6. The predicted molar refractivity (Wildman–Crippen MR) is 119 cm³/mol. The number of para-hydroxylation sites is 1. The van der Waals surface area contributed by atoms with Gasteiger partial charge < -0.3 is 14.8 Å². The fourth-order valence-corrected chi connectivity index (χ4v) is 3.71. The van der Waals surface area contributed by atoms with Gasteiger partial charge in [-0.15, -0.1) is 11.3 Å². The Hall–Kier alpha value is -2.93. The number of carbonyl (C=O) groups excluding carboxylic acids is 1. The number of aromatic nitrogens is 2. The Bertz CT molecular complexity index is 958. The minimum Gasteiger partial charge on any atom is -0.493 e. The van der Waals surface area contributed by atoms with Gasteiger partial charge in [0.15, 0.2) is 0 Å². The molecule has 3 aromatic rings. The Morgan fingerprint density at radius 2 is 2.00 bits per heavy atom. The number of nitrogens with one attached hydrogen (secondary N) is 1. The predicted octanol–water partition coefficient (Wildman–Crippen LogP) is 4.64. The van der Waals surface area contributed by atoms with Crippen LogP contribution < -0.4 is 14.8 Å². The van der Waals surface area contributed by atoms with E-state index in [2.05, 4.69) is 22.2 Å². The van der Waals surface area contributed by atoms with E-state index in [4.69, 9.17) is 9.47 Å². The number of pyridine rings is 1. The molecular formula is C23H27N3O3S. The first-order valence-electron chi connectivity index (χ1n) is 10.2. The van der Waals surface area contributed by atoms with Gasteiger partial charge in [0, 0.05) is 23.7 Å². The van der Waals surface area contributed by atoms with Gasteiger partial charge in [0.25, 0.3) is 0 Å². The van der Waals surface area contributed by atoms with Crippen molar-refractivity contribution in [3.8, 4) is 22.2 Å². The van der Waals surface area contributed by atoms with Crippen molar-refractivity contribution < 1.29 is 14.3 Å². The van der Waals surface area contributed by atoms with Gasteiger partial charge in [-0.05, 0) is 31.5 Å². The summed E-state index contributed by atoms with van der Waals surface area (Å²) in [6.07, 6.45) is 3.95. The van der Waals surface area contributed by atoms with E-state index < -0.39 is 0 Å². The lowest BCUT2D eigenvalue weighted by atomic mass is 10.2. The van der Waals surface area contributed by atoms with E-state index in [1.54, 1.807) is 6.20 Å². The molecule has 0 aliphatic rings. The minimum atomic E-state index is -0.0895. The Morgan fingerprint density at radius 1 is 1.13 bits per heavy atom. The molecule has 1 aromatic carbocycles. The second-order valence-electron chi connectivity index (χ2n) is 6.70. The van der Waals surface area contributed by atoms with Crippen LogP contribution in [0.5, 0.6) is 11.6 Å². The molecule has 1 amide bonds. The second kappa shape index (κ2) is 11.3. The third kappa shape index (κ3) is 6.03. The first-order chi connectivity index (χ1) is 14.7. The van der Waals surface area contributed by atoms with Gasteiger partial charge in [-0.3, -0.25) is 4.79 Å². The van der Waals surface area contributed by atoms with Crippen LogP contribution >= 0.6 is 11.3 Å². The zero-order chi connectivity index (χ0) is 21.2. The molecule has 2 heterocycles. The normalized spacial score (nSPS) is 10.6. The van der Waals surface area contributed by atoms with Crippen LogP contribution in [0.15, 0.2) is 48.0 Å². The van der Waals surface area contributed by atoms with Gasteiger partial charge in [0.05, 0.1) is 30.9 Å². The molecule has 0 spiro atoms. The maximum Gasteiger partial charge on any atom is 0.226 e. The molecule has 0 aliphatic carbocycles. The first kappa shape index (κ1) is 21.8. The van der Waals surface area contributed by atoms with Crippen molar-refractivity contribution in [2.75, 3.05) is 13.2 Å². The van der Waals surface area contributed by atoms with E-state index in [-0.39, 0.29) is 12.3 Å². The summed E-state index contributed by atoms with van der Waals surface area (Å²) in [6, 6.07) is 11.6. The highest BCUT2D eigenvalue weighted by molar-refractivity contribution is 7.13. The van der Waals surface area contributed by atoms with Crippen molar-refractivity contribution in [3.05, 3.63) is 59.2 Å². The number of benzene rings is 1. The van der Waals surface area contributed by atoms with Crippen molar-refractivity contribution in [1.82, 2.24) is 15.3 Å². The molecular weight excluding hydrogens is 398 g/mol. The number of ether oxygens (including phenoxy) is 2. The van der Waals surface area contributed by atoms with Crippen LogP contribution in [0.4, 0.5) is 0 Å². The second-order valence-corrected chi connectivity index (χ2v) is 7.55. The monoisotopic (exact) mass is 425 g/mol. The molecule has 0 atom stereocenters. The molecule has 7 heteroatoms. The molecule has 3 rings (SSSR count). The lowest BCUT2D eigenvalue weighted by Gasteiger charge is -2.10. The molecule has 0 unspecified atom stereocenters. The summed E-state index contributed by atoms with van der Waals surface area (Å²) in [5.74, 6) is 1.29. The largest absolute Gasteiger partial charge is 0.493 e. The van der Waals surface area contributed by atoms with E-state index in [0.717, 1.165) is 40.4 Å². The Balaban J connectivity index is 1.58. The van der Waals surface area contributed by atoms with Crippen LogP contribution in [-0.2, 0) is 17.8 Å². The van der Waals surface area contributed by atoms with Crippen molar-refractivity contribution in [3.63, 3.8) is 0 Å². The Morgan fingerprint density at radius 3 is 2.83 bits per heavy atom. The number of amides is 1. The average molecular weight is 426 g/mol. The van der Waals surface area contributed by atoms with Crippen LogP contribution in [0.2, 0.25) is 0 Å². The lowest BCUT2D eigenvalue weighted by Crippen LogP contribution is -2.25. The SMILES string of the molecule is CCCCOc1ncccc1CNC(=O)Cc1csc(-c2ccccc2OCC)n1. The third-order valence-corrected chi connectivity index (χ3v) is 5.30. The van der Waals surface area contributed by atoms with Crippen molar-refractivity contribution in [2.45, 2.75) is 39.7 Å². The molecule has 1 N–H and O–H groups in total. The standard InChI is InChI=1S/C23H27N3O3S/c1-3-5-13-29-22-17(9-8-12-24-22)15-25-21(27)14-18-16-30-23(26-18)19-10-6-7-11-20(19)28-4-2/h6-12,16H,3-5,13-15H2,1-2H3,(H,25,27). The summed E-state index contributed by atoms with van der Waals surface area (Å²) in [4.78, 5) is 21.3. The van der Waals surface area contributed by atoms with Crippen molar-refractivity contribution in [2.24, 2.45) is 0 Å². The maximum atomic E-state index is 12.4. The van der Waals surface area contributed by atoms with Gasteiger partial charge in [-0.25, -0.2) is 9.97 Å². The van der Waals surface area contributed by atoms with Gasteiger partial charge >= 0.3 is 0 Å². The van der Waals surface area contributed by atoms with Gasteiger partial charge in [0.2, 0.25) is 11.8 Å². The summed E-state index contributed by atoms with van der Waals surface area (Å²) < 4.78 is 11.4. The van der Waals surface area contributed by atoms with Gasteiger partial charge in [-0.1, -0.05) is 31.5 Å². The van der Waals surface area contributed by atoms with E-state index >= 15 is 0 Å². The highest BCUT2D eigenvalue weighted by atomic mass is 32.1. The number of unbranched alkanes of at least 4 members (excludes halogenated alkanes) is 1. The number of rotatable bonds is 11. The van der Waals surface area contributed by atoms with Crippen molar-refractivity contribution in [1.29, 1.82) is 0 Å². The highest BCUT2D eigenvalue weighted by Crippen LogP contribution is 2.32. The summed E-state index contributed by atoms with van der Waals surface area (Å²) in [6.45, 7) is 5.66. The topological polar surface area (TPSA) is 73.3 Å². The van der Waals surface area contributed by atoms with Crippen LogP contribution in [-0.4, -0.2) is 29.1 Å². The van der Waals surface area contributed by atoms with E-state index in [9.17, 15) is 4.79 Å². The van der Waals surface area contributed by atoms with Crippen LogP contribution in [0, 0.1) is 0 Å². The summed E-state index contributed by atoms with van der Waals surface area (Å²) in [7, 11) is 0. The highest BCUT2D eigenvalue weighted by Gasteiger charge is 2.13. The Kier molecular flexibility index (Phi) is 8.20. The molecule has 30 heavy (non-hydrogen) atoms. The third-order valence-electron chi connectivity index (χ3n) is 4.37. The summed E-state index contributed by atoms with van der Waals surface area (Å²) in [5.41, 5.74) is 2.55. The maximum absolute atomic E-state index is 12.4. The molecule has 0 fully saturated rings. The zero-order valence-corrected chi connectivity index (χ0v) is 18.2. The van der Waals surface area contributed by atoms with Crippen LogP contribution in [0.3, 0.4) is 0 Å². The molecule has 0 saturated heterocycles. The average Bonchev–Trinajstić information content (AvgIpc) is 3.22. The van der Waals surface area contributed by atoms with Crippen molar-refractivity contribution >= 4 is 17.2 Å². The molecule has 2 aromatic heterocycles. The molecule has 158 valence electrons. The lowest BCUT2D eigenvalue weighted by molar-refractivity contribution is -0.120. The van der Waals surface area contributed by atoms with Crippen LogP contribution in [0.25, 0.3) is 10.6 Å². The zero-order valence-electron chi connectivity index (χ0n) is 17.4. The summed E-state index contributed by atoms with van der Waals surface area (Å²) >= 11 is 1.51. The molecule has 6 nitrogen and oxygen atoms in total. The Labute approximate surface area is 181 Å². The fraction of sp³-hybridized carbons (Fsp3) is 0.348. The smallest absolute Gasteiger partial charge is 0.226 e. The van der Waals surface area contributed by atoms with E-state index in [1.165, 1.54) is 11.3 Å². The fourth-order valence-electron chi connectivity index (χ4n) is 2.86. The minimum absolute atomic E-state index is 0.0895. The molecule has 0 saturated carbocycles. The van der Waals surface area contributed by atoms with E-state index in [0.29, 0.717) is 25.6 Å². The summed E-state index contributed by atoms with van der Waals surface area (Å²) in [5, 5.41) is 5.71. The number of hydrogen-bond donors (Lipinski definition) is 1. The molecule has 0 radical (unpaired) electrons. The number of nitrogens with zero attached hydrogens (tertiary/aromatic N) is 2. The van der Waals surface area contributed by atoms with Gasteiger partial charge in [-0.2, -0.15) is 0 Å². The molecule has 0 aliphatic heterocycles. The molecule has 0 bridgehead atoms. The van der Waals surface area contributed by atoms with Crippen LogP contribution in [0.1, 0.15) is 37.9 Å². The number of thiazole rings is 1. The van der Waals surface area contributed by atoms with Gasteiger partial charge in [0.1, 0.15) is 10.8 Å². The quantitative estimate of drug-likeness (QED) is 0.453. The number of carbonyl (C=O) groups is 1. The first-order valence-corrected chi connectivity index (χ1v) is 11.1.